The first-order chi connectivity index (χ1) is 20.1. The van der Waals surface area contributed by atoms with Crippen LogP contribution in [-0.4, -0.2) is 41.8 Å². The van der Waals surface area contributed by atoms with E-state index in [-0.39, 0.29) is 25.3 Å². The van der Waals surface area contributed by atoms with Crippen LogP contribution < -0.4 is 14.2 Å². The van der Waals surface area contributed by atoms with E-state index in [0.717, 1.165) is 0 Å². The van der Waals surface area contributed by atoms with Crippen LogP contribution >= 0.6 is 0 Å². The Kier molecular flexibility index (Phi) is 10.1. The minimum Gasteiger partial charge on any atom is -0.508 e. The van der Waals surface area contributed by atoms with Gasteiger partial charge in [-0.3, -0.25) is 0 Å². The van der Waals surface area contributed by atoms with E-state index in [9.17, 15) is 21.9 Å². The second kappa shape index (κ2) is 13.8. The molecular formula is C32H34O8S2. The second-order valence-electron chi connectivity index (χ2n) is 10.0. The Balaban J connectivity index is 1.20. The van der Waals surface area contributed by atoms with Crippen molar-refractivity contribution in [1.82, 2.24) is 0 Å². The Hall–Kier alpha value is -4.02. The predicted molar refractivity (Wildman–Crippen MR) is 159 cm³/mol. The summed E-state index contributed by atoms with van der Waals surface area (Å²) >= 11 is 0. The van der Waals surface area contributed by atoms with Gasteiger partial charge in [0.1, 0.15) is 23.0 Å². The van der Waals surface area contributed by atoms with Gasteiger partial charge in [-0.1, -0.05) is 13.8 Å². The summed E-state index contributed by atoms with van der Waals surface area (Å²) in [6.45, 7) is 5.50. The zero-order valence-electron chi connectivity index (χ0n) is 23.5. The van der Waals surface area contributed by atoms with Gasteiger partial charge in [0.2, 0.25) is 19.7 Å². The molecule has 10 heteroatoms. The highest BCUT2D eigenvalue weighted by Crippen LogP contribution is 2.26. The summed E-state index contributed by atoms with van der Waals surface area (Å²) < 4.78 is 68.5. The summed E-state index contributed by atoms with van der Waals surface area (Å²) in [7, 11) is -7.34. The molecule has 0 unspecified atom stereocenters. The Morgan fingerprint density at radius 3 is 1.17 bits per heavy atom. The number of aromatic hydroxyl groups is 1. The maximum atomic E-state index is 13.0. The number of rotatable bonds is 14. The average Bonchev–Trinajstić information content (AvgIpc) is 2.99. The Labute approximate surface area is 247 Å². The molecule has 0 saturated carbocycles. The lowest BCUT2D eigenvalue weighted by Crippen LogP contribution is -2.05. The van der Waals surface area contributed by atoms with Crippen LogP contribution in [0.5, 0.6) is 23.0 Å². The molecule has 42 heavy (non-hydrogen) atoms. The number of hydrogen-bond donors (Lipinski definition) is 1. The third-order valence-corrected chi connectivity index (χ3v) is 9.78. The first-order valence-electron chi connectivity index (χ1n) is 13.5. The Morgan fingerprint density at radius 1 is 0.524 bits per heavy atom. The van der Waals surface area contributed by atoms with Crippen LogP contribution in [0.1, 0.15) is 26.7 Å². The van der Waals surface area contributed by atoms with Crippen LogP contribution in [0.15, 0.2) is 117 Å². The number of ether oxygens (including phenoxy) is 3. The van der Waals surface area contributed by atoms with Crippen molar-refractivity contribution in [2.45, 2.75) is 46.3 Å². The molecule has 0 atom stereocenters. The van der Waals surface area contributed by atoms with E-state index in [1.165, 1.54) is 48.5 Å². The fourth-order valence-electron chi connectivity index (χ4n) is 3.89. The number of benzene rings is 4. The number of sulfone groups is 2. The lowest BCUT2D eigenvalue weighted by molar-refractivity contribution is 0.266. The summed E-state index contributed by atoms with van der Waals surface area (Å²) in [5, 5.41) is 9.38. The van der Waals surface area contributed by atoms with Crippen molar-refractivity contribution < 1.29 is 36.2 Å². The van der Waals surface area contributed by atoms with Crippen molar-refractivity contribution in [1.29, 1.82) is 0 Å². The lowest BCUT2D eigenvalue weighted by atomic mass is 10.2. The monoisotopic (exact) mass is 610 g/mol. The molecule has 0 aliphatic rings. The quantitative estimate of drug-likeness (QED) is 0.165. The molecule has 0 heterocycles. The molecule has 0 amide bonds. The van der Waals surface area contributed by atoms with Crippen molar-refractivity contribution in [2.24, 2.45) is 5.92 Å². The highest BCUT2D eigenvalue weighted by Gasteiger charge is 2.19. The molecule has 0 aliphatic carbocycles. The van der Waals surface area contributed by atoms with E-state index in [1.54, 1.807) is 48.5 Å². The van der Waals surface area contributed by atoms with Gasteiger partial charge in [0, 0.05) is 0 Å². The van der Waals surface area contributed by atoms with E-state index in [4.69, 9.17) is 14.2 Å². The normalized spacial score (nSPS) is 11.8. The highest BCUT2D eigenvalue weighted by molar-refractivity contribution is 7.91. The van der Waals surface area contributed by atoms with Gasteiger partial charge in [0.05, 0.1) is 39.4 Å². The minimum atomic E-state index is -3.68. The van der Waals surface area contributed by atoms with Gasteiger partial charge in [-0.05, 0) is 116 Å². The molecule has 1 N–H and O–H groups in total. The number of phenolic OH excluding ortho intramolecular Hbond substituents is 1. The largest absolute Gasteiger partial charge is 0.508 e. The van der Waals surface area contributed by atoms with Crippen LogP contribution in [0, 0.1) is 5.92 Å². The predicted octanol–water partition coefficient (Wildman–Crippen LogP) is 6.33. The van der Waals surface area contributed by atoms with Crippen molar-refractivity contribution in [3.63, 3.8) is 0 Å². The van der Waals surface area contributed by atoms with Crippen LogP contribution in [0.2, 0.25) is 0 Å². The van der Waals surface area contributed by atoms with E-state index in [1.807, 2.05) is 13.8 Å². The second-order valence-corrected chi connectivity index (χ2v) is 13.9. The SMILES string of the molecule is CC(C)COc1ccc(S(=O)(=O)c2ccc(OCCCCOc3ccc(S(=O)(=O)c4ccc(O)cc4)cc3)cc2)cc1. The average molecular weight is 611 g/mol. The van der Waals surface area contributed by atoms with Crippen molar-refractivity contribution in [2.75, 3.05) is 19.8 Å². The van der Waals surface area contributed by atoms with Gasteiger partial charge in [0.25, 0.3) is 0 Å². The van der Waals surface area contributed by atoms with Crippen molar-refractivity contribution in [3.8, 4) is 23.0 Å². The number of hydrogen-bond acceptors (Lipinski definition) is 8. The van der Waals surface area contributed by atoms with Crippen LogP contribution in [-0.2, 0) is 19.7 Å². The van der Waals surface area contributed by atoms with E-state index in [2.05, 4.69) is 0 Å². The van der Waals surface area contributed by atoms with Gasteiger partial charge in [0.15, 0.2) is 0 Å². The topological polar surface area (TPSA) is 116 Å². The van der Waals surface area contributed by atoms with Gasteiger partial charge in [-0.25, -0.2) is 16.8 Å². The van der Waals surface area contributed by atoms with E-state index >= 15 is 0 Å². The Bertz CT molecular complexity index is 1640. The molecule has 0 aliphatic heterocycles. The zero-order valence-corrected chi connectivity index (χ0v) is 25.1. The summed E-state index contributed by atoms with van der Waals surface area (Å²) in [5.74, 6) is 2.12. The van der Waals surface area contributed by atoms with Gasteiger partial charge in [-0.15, -0.1) is 0 Å². The fourth-order valence-corrected chi connectivity index (χ4v) is 6.41. The third-order valence-electron chi connectivity index (χ3n) is 6.21. The lowest BCUT2D eigenvalue weighted by Gasteiger charge is -2.11. The zero-order chi connectivity index (χ0) is 30.2. The summed E-state index contributed by atoms with van der Waals surface area (Å²) in [6, 6.07) is 24.3. The molecule has 0 radical (unpaired) electrons. The summed E-state index contributed by atoms with van der Waals surface area (Å²) in [5.41, 5.74) is 0. The van der Waals surface area contributed by atoms with E-state index in [0.29, 0.717) is 55.8 Å². The maximum absolute atomic E-state index is 13.0. The molecular weight excluding hydrogens is 576 g/mol. The fraction of sp³-hybridized carbons (Fsp3) is 0.250. The highest BCUT2D eigenvalue weighted by atomic mass is 32.2. The molecule has 0 spiro atoms. The van der Waals surface area contributed by atoms with Crippen LogP contribution in [0.25, 0.3) is 0 Å². The van der Waals surface area contributed by atoms with Crippen LogP contribution in [0.3, 0.4) is 0 Å². The molecule has 0 aromatic heterocycles. The molecule has 8 nitrogen and oxygen atoms in total. The number of unbranched alkanes of at least 4 members (excludes halogenated alkanes) is 1. The Morgan fingerprint density at radius 2 is 0.833 bits per heavy atom. The molecule has 0 bridgehead atoms. The molecule has 4 aromatic rings. The molecule has 0 saturated heterocycles. The molecule has 4 aromatic carbocycles. The smallest absolute Gasteiger partial charge is 0.206 e. The molecule has 4 rings (SSSR count). The summed E-state index contributed by atoms with van der Waals surface area (Å²) in [4.78, 5) is 0.614. The molecule has 222 valence electrons. The number of phenols is 1. The van der Waals surface area contributed by atoms with Crippen LogP contribution in [0.4, 0.5) is 0 Å². The first-order valence-corrected chi connectivity index (χ1v) is 16.5. The van der Waals surface area contributed by atoms with Gasteiger partial charge in [-0.2, -0.15) is 0 Å². The van der Waals surface area contributed by atoms with Crippen molar-refractivity contribution >= 4 is 19.7 Å². The maximum Gasteiger partial charge on any atom is 0.206 e. The van der Waals surface area contributed by atoms with Gasteiger partial charge < -0.3 is 19.3 Å². The third kappa shape index (κ3) is 8.04. The summed E-state index contributed by atoms with van der Waals surface area (Å²) in [6.07, 6.45) is 1.41. The standard InChI is InChI=1S/C32H34O8S2/c1-24(2)23-40-28-11-19-32(20-12-28)42(36,37)31-17-9-27(10-18-31)39-22-4-3-21-38-26-7-15-30(16-8-26)41(34,35)29-13-5-25(33)6-14-29/h5-20,24,33H,3-4,21-23H2,1-2H3. The first kappa shape index (κ1) is 30.9. The van der Waals surface area contributed by atoms with Crippen molar-refractivity contribution in [3.05, 3.63) is 97.1 Å². The molecule has 0 fully saturated rings. The minimum absolute atomic E-state index is 0.00223. The van der Waals surface area contributed by atoms with Gasteiger partial charge >= 0.3 is 0 Å². The van der Waals surface area contributed by atoms with E-state index < -0.39 is 19.7 Å².